The van der Waals surface area contributed by atoms with Crippen LogP contribution in [-0.4, -0.2) is 157 Å². The van der Waals surface area contributed by atoms with Gasteiger partial charge in [-0.05, 0) is 66.9 Å². The summed E-state index contributed by atoms with van der Waals surface area (Å²) in [5.41, 5.74) is 9.06. The fourth-order valence-electron chi connectivity index (χ4n) is 7.24. The van der Waals surface area contributed by atoms with Crippen LogP contribution < -0.4 is 33.1 Å². The third-order valence-corrected chi connectivity index (χ3v) is 15.2. The Morgan fingerprint density at radius 3 is 2.14 bits per heavy atom. The molecule has 0 radical (unpaired) electrons. The summed E-state index contributed by atoms with van der Waals surface area (Å²) in [6.45, 7) is 14.1. The maximum Gasteiger partial charge on any atom is 0.472 e. The number of alkyl carbamates (subject to hydrolysis) is 2. The number of nitrogens with zero attached hydrogens (tertiary/aromatic N) is 6. The molecule has 3 amide bonds. The van der Waals surface area contributed by atoms with Gasteiger partial charge in [0.2, 0.25) is 5.91 Å². The van der Waals surface area contributed by atoms with Crippen molar-refractivity contribution in [2.45, 2.75) is 159 Å². The van der Waals surface area contributed by atoms with Gasteiger partial charge in [0.05, 0.1) is 19.5 Å². The lowest BCUT2D eigenvalue weighted by Crippen LogP contribution is -2.49. The van der Waals surface area contributed by atoms with E-state index >= 15 is 0 Å². The smallest absolute Gasteiger partial charge is 0.455 e. The van der Waals surface area contributed by atoms with Gasteiger partial charge in [0, 0.05) is 29.7 Å². The highest BCUT2D eigenvalue weighted by Crippen LogP contribution is 2.50. The molecule has 0 aliphatic carbocycles. The molecule has 3 aromatic rings. The number of fused-ring (bicyclic) bond motifs is 1. The number of phosphoric acid groups is 2. The molecule has 34 heteroatoms. The molecule has 0 aromatic carbocycles. The number of phosphoric ester groups is 2. The van der Waals surface area contributed by atoms with E-state index in [-0.39, 0.29) is 65.5 Å². The zero-order valence-electron chi connectivity index (χ0n) is 43.1. The van der Waals surface area contributed by atoms with Gasteiger partial charge in [0.25, 0.3) is 0 Å². The number of aromatic nitrogens is 6. The van der Waals surface area contributed by atoms with Crippen LogP contribution in [0.4, 0.5) is 21.2 Å². The lowest BCUT2D eigenvalue weighted by atomic mass is 10.1. The topological polar surface area (TPSA) is 424 Å². The number of carbonyl (C=O) groups excluding carboxylic acids is 4. The molecule has 11 N–H and O–H groups in total. The molecule has 6 unspecified atom stereocenters. The molecule has 2 fully saturated rings. The van der Waals surface area contributed by atoms with E-state index < -0.39 is 125 Å². The molecule has 5 rings (SSSR count). The average molecular weight is 1160 g/mol. The second-order valence-corrected chi connectivity index (χ2v) is 26.1. The van der Waals surface area contributed by atoms with E-state index in [9.17, 15) is 52.9 Å². The van der Waals surface area contributed by atoms with E-state index in [1.54, 1.807) is 41.5 Å². The summed E-state index contributed by atoms with van der Waals surface area (Å²) >= 11 is 0. The van der Waals surface area contributed by atoms with Crippen LogP contribution in [0.25, 0.3) is 11.2 Å². The summed E-state index contributed by atoms with van der Waals surface area (Å²) in [5, 5.41) is 19.8. The second kappa shape index (κ2) is 25.8. The Kier molecular flexibility index (Phi) is 21.1. The number of nitrogens with one attached hydrogen (secondary N) is 3. The Hall–Kier alpha value is -4.69. The number of unbranched alkanes of at least 4 members (excludes halogenated alkanes) is 1. The van der Waals surface area contributed by atoms with Crippen LogP contribution in [0.2, 0.25) is 0 Å². The van der Waals surface area contributed by atoms with E-state index in [0.717, 1.165) is 10.9 Å². The van der Waals surface area contributed by atoms with Crippen molar-refractivity contribution in [3.8, 4) is 0 Å². The van der Waals surface area contributed by atoms with Crippen molar-refractivity contribution in [1.82, 2.24) is 45.0 Å². The maximum absolute atomic E-state index is 14.2. The van der Waals surface area contributed by atoms with Crippen LogP contribution in [0.5, 0.6) is 0 Å². The average Bonchev–Trinajstić information content (AvgIpc) is 3.97. The third kappa shape index (κ3) is 19.3. The van der Waals surface area contributed by atoms with Crippen molar-refractivity contribution in [2.24, 2.45) is 0 Å². The molecule has 0 spiro atoms. The van der Waals surface area contributed by atoms with Crippen LogP contribution in [-0.2, 0) is 56.0 Å². The van der Waals surface area contributed by atoms with Crippen molar-refractivity contribution >= 4 is 84.1 Å². The first-order valence-electron chi connectivity index (χ1n) is 23.6. The minimum Gasteiger partial charge on any atom is -0.455 e. The summed E-state index contributed by atoms with van der Waals surface area (Å²) in [6.07, 6.45) is -9.24. The van der Waals surface area contributed by atoms with Gasteiger partial charge < -0.3 is 70.9 Å². The number of aliphatic hydroxyl groups is 1. The Labute approximate surface area is 444 Å². The Morgan fingerprint density at radius 2 is 1.53 bits per heavy atom. The lowest BCUT2D eigenvalue weighted by Gasteiger charge is -2.26. The standard InChI is InChI=1S/C42H67N11O19P2S2/c1-40(2,3)70-38(58)49-22(12-10-11-14-45-34(55)23(19-75-76-42(7,8)9)50-39(59)71-41(4,5)6)36(56)69-31-26(68-35(30(31)54)53-21-48-29-32(44)46-20-47-33(29)53)18-66-74(63,64)72-24-16-28(52-15-13-27(43)51-37(52)57)67-25(24)17-65-73(60,61)62/h13,15,20-26,28,30-31,35,54H,10-12,14,16-19H2,1-9H3,(H,45,55)(H,49,58)(H,50,59)(H,63,64)(H2,43,51,57)(H2,44,46,47)(H2,60,61,62)/t22-,23?,24+,25-,26?,28-,30?,31?,35?/m1/s1. The summed E-state index contributed by atoms with van der Waals surface area (Å²) in [7, 11) is -7.50. The van der Waals surface area contributed by atoms with Gasteiger partial charge >= 0.3 is 39.5 Å². The number of anilines is 2. The first-order valence-corrected chi connectivity index (χ1v) is 28.9. The summed E-state index contributed by atoms with van der Waals surface area (Å²) < 4.78 is 71.3. The number of hydrogen-bond acceptors (Lipinski definition) is 24. The fourth-order valence-corrected chi connectivity index (χ4v) is 11.0. The molecule has 76 heavy (non-hydrogen) atoms. The van der Waals surface area contributed by atoms with E-state index in [0.29, 0.717) is 0 Å². The first-order chi connectivity index (χ1) is 35.2. The molecular formula is C42H67N11O19P2S2. The molecule has 426 valence electrons. The molecule has 30 nitrogen and oxygen atoms in total. The number of aliphatic hydroxyl groups excluding tert-OH is 1. The molecule has 0 saturated carbocycles. The Bertz CT molecular complexity index is 2660. The predicted octanol–water partition coefficient (Wildman–Crippen LogP) is 2.57. The number of nitrogen functional groups attached to an aromatic ring is 2. The Morgan fingerprint density at radius 1 is 0.882 bits per heavy atom. The van der Waals surface area contributed by atoms with E-state index in [2.05, 4.69) is 40.4 Å². The number of hydrogen-bond donors (Lipinski definition) is 9. The molecule has 3 aromatic heterocycles. The number of esters is 1. The SMILES string of the molecule is CC(C)(C)OC(=O)NC(CSSC(C)(C)C)C(=O)NCCCC[C@@H](NC(=O)OC(C)(C)C)C(=O)OC1C(COP(=O)(O)O[C@H]2C[C@H](n3ccc(N)nc3=O)O[C@@H]2COP(=O)(O)O)OC(n2cnc3c(N)ncnc32)C1O. The van der Waals surface area contributed by atoms with E-state index in [1.807, 2.05) is 20.8 Å². The minimum atomic E-state index is -5.30. The van der Waals surface area contributed by atoms with Gasteiger partial charge in [-0.2, -0.15) is 4.98 Å². The largest absolute Gasteiger partial charge is 0.472 e. The van der Waals surface area contributed by atoms with Crippen molar-refractivity contribution in [3.63, 3.8) is 0 Å². The highest BCUT2D eigenvalue weighted by atomic mass is 33.1. The number of carbonyl (C=O) groups is 4. The van der Waals surface area contributed by atoms with Crippen molar-refractivity contribution < 1.29 is 85.4 Å². The van der Waals surface area contributed by atoms with Gasteiger partial charge in [-0.3, -0.25) is 27.5 Å². The van der Waals surface area contributed by atoms with Crippen LogP contribution >= 0.6 is 37.2 Å². The van der Waals surface area contributed by atoms with Gasteiger partial charge in [-0.15, -0.1) is 0 Å². The molecular weight excluding hydrogens is 1090 g/mol. The van der Waals surface area contributed by atoms with Crippen LogP contribution in [0.3, 0.4) is 0 Å². The van der Waals surface area contributed by atoms with Gasteiger partial charge in [-0.25, -0.2) is 43.3 Å². The molecule has 2 aliphatic heterocycles. The van der Waals surface area contributed by atoms with Gasteiger partial charge in [-0.1, -0.05) is 42.4 Å². The molecule has 5 heterocycles. The van der Waals surface area contributed by atoms with Gasteiger partial charge in [0.15, 0.2) is 23.8 Å². The monoisotopic (exact) mass is 1160 g/mol. The van der Waals surface area contributed by atoms with Crippen LogP contribution in [0.1, 0.15) is 100 Å². The number of nitrogens with two attached hydrogens (primary N) is 2. The molecule has 2 saturated heterocycles. The summed E-state index contributed by atoms with van der Waals surface area (Å²) in [4.78, 5) is 112. The maximum atomic E-state index is 14.2. The van der Waals surface area contributed by atoms with Crippen molar-refractivity contribution in [3.05, 3.63) is 35.4 Å². The fraction of sp³-hybridized carbons (Fsp3) is 0.690. The minimum absolute atomic E-state index is 0.0280. The molecule has 0 bridgehead atoms. The van der Waals surface area contributed by atoms with E-state index in [1.165, 1.54) is 44.7 Å². The first kappa shape index (κ1) is 62.2. The number of amides is 3. The second-order valence-electron chi connectivity index (χ2n) is 20.3. The number of ether oxygens (including phenoxy) is 5. The van der Waals surface area contributed by atoms with Crippen molar-refractivity contribution in [1.29, 1.82) is 0 Å². The lowest BCUT2D eigenvalue weighted by molar-refractivity contribution is -0.159. The zero-order chi connectivity index (χ0) is 56.6. The zero-order valence-corrected chi connectivity index (χ0v) is 46.5. The number of imidazole rings is 1. The summed E-state index contributed by atoms with van der Waals surface area (Å²) in [5.74, 6) is -1.55. The quantitative estimate of drug-likeness (QED) is 0.0217. The van der Waals surface area contributed by atoms with Crippen LogP contribution in [0.15, 0.2) is 29.7 Å². The normalized spacial score (nSPS) is 22.8. The summed E-state index contributed by atoms with van der Waals surface area (Å²) in [6, 6.07) is -1.17. The Balaban J connectivity index is 1.33. The van der Waals surface area contributed by atoms with Gasteiger partial charge in [0.1, 0.15) is 71.6 Å². The van der Waals surface area contributed by atoms with Crippen LogP contribution in [0, 0.1) is 0 Å². The highest BCUT2D eigenvalue weighted by molar-refractivity contribution is 8.77. The molecule has 2 aliphatic rings. The van der Waals surface area contributed by atoms with E-state index in [4.69, 9.17) is 44.2 Å². The molecule has 10 atom stereocenters. The predicted molar refractivity (Wildman–Crippen MR) is 273 cm³/mol. The van der Waals surface area contributed by atoms with Crippen molar-refractivity contribution in [2.75, 3.05) is 37.0 Å². The third-order valence-electron chi connectivity index (χ3n) is 10.4. The number of rotatable bonds is 23. The highest BCUT2D eigenvalue weighted by Gasteiger charge is 2.50.